The second kappa shape index (κ2) is 9.23. The Balaban J connectivity index is 2.08. The average molecular weight is 379 g/mol. The van der Waals surface area contributed by atoms with Crippen molar-refractivity contribution in [3.8, 4) is 0 Å². The molecule has 0 bridgehead atoms. The van der Waals surface area contributed by atoms with Gasteiger partial charge in [-0.25, -0.2) is 0 Å². The molecule has 3 rings (SSSR count). The second-order valence-corrected chi connectivity index (χ2v) is 12.7. The lowest BCUT2D eigenvalue weighted by Gasteiger charge is -2.48. The zero-order valence-electron chi connectivity index (χ0n) is 16.3. The van der Waals surface area contributed by atoms with Crippen LogP contribution in [0.25, 0.3) is 0 Å². The summed E-state index contributed by atoms with van der Waals surface area (Å²) in [5.41, 5.74) is 6.97. The summed E-state index contributed by atoms with van der Waals surface area (Å²) < 4.78 is 0. The van der Waals surface area contributed by atoms with Crippen molar-refractivity contribution in [1.29, 1.82) is 0 Å². The molecule has 2 aliphatic rings. The van der Waals surface area contributed by atoms with Crippen LogP contribution in [0.4, 0.5) is 0 Å². The van der Waals surface area contributed by atoms with Crippen LogP contribution in [-0.2, 0) is 12.8 Å². The molecule has 0 radical (unpaired) electrons. The van der Waals surface area contributed by atoms with Gasteiger partial charge in [-0.2, -0.15) is 0 Å². The molecule has 0 N–H and O–H groups in total. The number of hydrogen-bond donors (Lipinski definition) is 0. The number of benzene rings is 1. The van der Waals surface area contributed by atoms with Crippen LogP contribution in [-0.4, -0.2) is 11.3 Å². The lowest BCUT2D eigenvalue weighted by atomic mass is 9.99. The summed E-state index contributed by atoms with van der Waals surface area (Å²) in [5, 5.41) is 1.65. The maximum Gasteiger partial charge on any atom is 0.0670 e. The first kappa shape index (κ1) is 19.7. The van der Waals surface area contributed by atoms with Crippen molar-refractivity contribution >= 4 is 24.2 Å². The maximum absolute atomic E-state index is 6.84. The SMILES string of the molecule is CCc1cc(CC)cc([P+]([CH-]Cl)(C2CCCCC2)C2CCCCC2)c1. The molecule has 0 spiro atoms. The molecule has 2 heteroatoms. The molecular weight excluding hydrogens is 343 g/mol. The summed E-state index contributed by atoms with van der Waals surface area (Å²) in [6.07, 6.45) is 16.4. The molecule has 2 fully saturated rings. The zero-order chi connectivity index (χ0) is 17.7. The van der Waals surface area contributed by atoms with Crippen molar-refractivity contribution in [2.24, 2.45) is 0 Å². The standard InChI is InChI=1S/C23H36ClP/c1-3-19-15-20(4-2)17-23(16-19)25(18-24,21-11-7-5-8-12-21)22-13-9-6-10-14-22/h15-18,21-22H,3-14H2,1-2H3. The van der Waals surface area contributed by atoms with E-state index in [-0.39, 0.29) is 0 Å². The minimum Gasteiger partial charge on any atom is -0.304 e. The lowest BCUT2D eigenvalue weighted by Crippen LogP contribution is -2.34. The molecule has 0 aliphatic heterocycles. The quantitative estimate of drug-likeness (QED) is 0.355. The van der Waals surface area contributed by atoms with Crippen LogP contribution in [0.3, 0.4) is 0 Å². The summed E-state index contributed by atoms with van der Waals surface area (Å²) in [4.78, 5) is 0. The number of rotatable bonds is 6. The van der Waals surface area contributed by atoms with Gasteiger partial charge in [0.15, 0.2) is 0 Å². The first-order valence-corrected chi connectivity index (χ1v) is 13.1. The Morgan fingerprint density at radius 1 is 0.800 bits per heavy atom. The van der Waals surface area contributed by atoms with Crippen molar-refractivity contribution in [3.05, 3.63) is 34.9 Å². The zero-order valence-corrected chi connectivity index (χ0v) is 17.9. The molecule has 0 saturated heterocycles. The van der Waals surface area contributed by atoms with Gasteiger partial charge in [0, 0.05) is 11.3 Å². The van der Waals surface area contributed by atoms with E-state index in [0.29, 0.717) is 0 Å². The van der Waals surface area contributed by atoms with Gasteiger partial charge in [0.2, 0.25) is 0 Å². The predicted octanol–water partition coefficient (Wildman–Crippen LogP) is 7.48. The van der Waals surface area contributed by atoms with E-state index >= 15 is 0 Å². The predicted molar refractivity (Wildman–Crippen MR) is 116 cm³/mol. The smallest absolute Gasteiger partial charge is 0.0670 e. The molecule has 0 atom stereocenters. The van der Waals surface area contributed by atoms with Gasteiger partial charge >= 0.3 is 0 Å². The van der Waals surface area contributed by atoms with Crippen LogP contribution in [0, 0.1) is 5.62 Å². The Morgan fingerprint density at radius 2 is 1.24 bits per heavy atom. The van der Waals surface area contributed by atoms with Gasteiger partial charge in [0.05, 0.1) is 5.30 Å². The Hall–Kier alpha value is -0.0600. The van der Waals surface area contributed by atoms with Crippen LogP contribution in [0.2, 0.25) is 0 Å². The molecule has 0 amide bonds. The topological polar surface area (TPSA) is 0 Å². The Morgan fingerprint density at radius 3 is 1.60 bits per heavy atom. The Bertz CT molecular complexity index is 501. The summed E-state index contributed by atoms with van der Waals surface area (Å²) in [6.45, 7) is 4.59. The van der Waals surface area contributed by atoms with Gasteiger partial charge in [0.1, 0.15) is 0 Å². The van der Waals surface area contributed by atoms with Gasteiger partial charge in [-0.1, -0.05) is 45.6 Å². The van der Waals surface area contributed by atoms with Crippen LogP contribution >= 0.6 is 18.9 Å². The molecule has 0 nitrogen and oxygen atoms in total. The fraction of sp³-hybridized carbons (Fsp3) is 0.696. The summed E-state index contributed by atoms with van der Waals surface area (Å²) >= 11 is 6.84. The summed E-state index contributed by atoms with van der Waals surface area (Å²) in [6, 6.07) is 7.53. The highest BCUT2D eigenvalue weighted by Gasteiger charge is 2.47. The highest BCUT2D eigenvalue weighted by Crippen LogP contribution is 2.74. The van der Waals surface area contributed by atoms with Crippen molar-refractivity contribution in [2.75, 3.05) is 0 Å². The normalized spacial score (nSPS) is 20.8. The largest absolute Gasteiger partial charge is 0.304 e. The Kier molecular flexibility index (Phi) is 7.27. The van der Waals surface area contributed by atoms with Gasteiger partial charge in [-0.05, 0) is 87.5 Å². The molecule has 0 aromatic heterocycles. The van der Waals surface area contributed by atoms with Gasteiger partial charge in [-0.3, -0.25) is 0 Å². The van der Waals surface area contributed by atoms with Crippen molar-refractivity contribution in [1.82, 2.24) is 0 Å². The van der Waals surface area contributed by atoms with Crippen LogP contribution in [0.15, 0.2) is 18.2 Å². The molecule has 1 aromatic carbocycles. The Labute approximate surface area is 161 Å². The average Bonchev–Trinajstić information content (AvgIpc) is 2.70. The van der Waals surface area contributed by atoms with Gasteiger partial charge in [0.25, 0.3) is 0 Å². The fourth-order valence-corrected chi connectivity index (χ4v) is 11.7. The van der Waals surface area contributed by atoms with E-state index in [1.165, 1.54) is 75.3 Å². The van der Waals surface area contributed by atoms with E-state index in [0.717, 1.165) is 24.2 Å². The van der Waals surface area contributed by atoms with E-state index < -0.39 is 7.26 Å². The van der Waals surface area contributed by atoms with Gasteiger partial charge in [-0.15, -0.1) is 0 Å². The third-order valence-corrected chi connectivity index (χ3v) is 12.7. The van der Waals surface area contributed by atoms with E-state index in [9.17, 15) is 0 Å². The monoisotopic (exact) mass is 378 g/mol. The fourth-order valence-electron chi connectivity index (χ4n) is 5.33. The first-order chi connectivity index (χ1) is 12.2. The summed E-state index contributed by atoms with van der Waals surface area (Å²) in [5.74, 6) is 0. The van der Waals surface area contributed by atoms with Crippen molar-refractivity contribution < 1.29 is 0 Å². The number of hydrogen-bond acceptors (Lipinski definition) is 0. The minimum absolute atomic E-state index is 0.846. The van der Waals surface area contributed by atoms with E-state index in [2.05, 4.69) is 37.7 Å². The number of aryl methyl sites for hydroxylation is 2. The van der Waals surface area contributed by atoms with Crippen LogP contribution < -0.4 is 5.30 Å². The minimum atomic E-state index is -1.42. The van der Waals surface area contributed by atoms with Crippen molar-refractivity contribution in [3.63, 3.8) is 0 Å². The molecule has 2 saturated carbocycles. The van der Waals surface area contributed by atoms with Crippen LogP contribution in [0.5, 0.6) is 0 Å². The second-order valence-electron chi connectivity index (χ2n) is 8.23. The van der Waals surface area contributed by atoms with Crippen molar-refractivity contribution in [2.45, 2.75) is 102 Å². The molecule has 0 unspecified atom stereocenters. The van der Waals surface area contributed by atoms with E-state index in [1.54, 1.807) is 5.30 Å². The van der Waals surface area contributed by atoms with Gasteiger partial charge < -0.3 is 11.6 Å². The highest BCUT2D eigenvalue weighted by molar-refractivity contribution is 7.87. The molecule has 0 heterocycles. The maximum atomic E-state index is 6.84. The summed E-state index contributed by atoms with van der Waals surface area (Å²) in [7, 11) is -1.42. The molecular formula is C23H36ClP. The van der Waals surface area contributed by atoms with E-state index in [1.807, 2.05) is 0 Å². The third-order valence-electron chi connectivity index (χ3n) is 6.82. The van der Waals surface area contributed by atoms with Crippen LogP contribution in [0.1, 0.15) is 89.2 Å². The van der Waals surface area contributed by atoms with E-state index in [4.69, 9.17) is 11.6 Å². The molecule has 140 valence electrons. The lowest BCUT2D eigenvalue weighted by molar-refractivity contribution is 0.483. The number of halogens is 1. The molecule has 25 heavy (non-hydrogen) atoms. The molecule has 2 aliphatic carbocycles. The third kappa shape index (κ3) is 4.11. The first-order valence-electron chi connectivity index (χ1n) is 10.7. The molecule has 1 aromatic rings. The highest BCUT2D eigenvalue weighted by atomic mass is 35.5.